The smallest absolute Gasteiger partial charge is 0.243 e. The highest BCUT2D eigenvalue weighted by molar-refractivity contribution is 5.86. The Balaban J connectivity index is 1.55. The molecule has 1 aliphatic carbocycles. The highest BCUT2D eigenvalue weighted by Gasteiger charge is 2.34. The molecule has 0 spiro atoms. The Hall–Kier alpha value is -2.56. The maximum absolute atomic E-state index is 13.5. The fourth-order valence-corrected chi connectivity index (χ4v) is 5.04. The summed E-state index contributed by atoms with van der Waals surface area (Å²) in [6.07, 6.45) is 8.38. The first-order valence-corrected chi connectivity index (χ1v) is 11.5. The number of benzene rings is 1. The molecular weight excluding hydrogens is 374 g/mol. The monoisotopic (exact) mass is 407 g/mol. The minimum Gasteiger partial charge on any atom is -0.348 e. The van der Waals surface area contributed by atoms with Gasteiger partial charge in [-0.3, -0.25) is 9.59 Å². The van der Waals surface area contributed by atoms with Crippen LogP contribution in [0.5, 0.6) is 0 Å². The lowest BCUT2D eigenvalue weighted by Crippen LogP contribution is -2.49. The fourth-order valence-electron chi connectivity index (χ4n) is 5.04. The molecule has 0 N–H and O–H groups in total. The van der Waals surface area contributed by atoms with E-state index in [1.165, 1.54) is 6.42 Å². The van der Waals surface area contributed by atoms with Crippen LogP contribution >= 0.6 is 0 Å². The maximum atomic E-state index is 13.5. The molecule has 1 aromatic heterocycles. The third-order valence-electron chi connectivity index (χ3n) is 6.56. The molecule has 30 heavy (non-hydrogen) atoms. The van der Waals surface area contributed by atoms with Gasteiger partial charge in [0.25, 0.3) is 0 Å². The number of aromatic nitrogens is 1. The molecule has 160 valence electrons. The van der Waals surface area contributed by atoms with Crippen molar-refractivity contribution in [3.63, 3.8) is 0 Å². The molecule has 5 nitrogen and oxygen atoms in total. The quantitative estimate of drug-likeness (QED) is 0.719. The summed E-state index contributed by atoms with van der Waals surface area (Å²) in [6, 6.07) is 14.3. The van der Waals surface area contributed by atoms with Crippen LogP contribution in [0.4, 0.5) is 0 Å². The Kier molecular flexibility index (Phi) is 6.56. The van der Waals surface area contributed by atoms with Gasteiger partial charge in [-0.25, -0.2) is 0 Å². The van der Waals surface area contributed by atoms with Crippen molar-refractivity contribution >= 4 is 11.8 Å². The van der Waals surface area contributed by atoms with Gasteiger partial charge in [0.1, 0.15) is 0 Å². The van der Waals surface area contributed by atoms with E-state index in [1.54, 1.807) is 0 Å². The van der Waals surface area contributed by atoms with Crippen LogP contribution in [0.1, 0.15) is 62.7 Å². The predicted octanol–water partition coefficient (Wildman–Crippen LogP) is 4.24. The number of amides is 2. The number of hydrogen-bond acceptors (Lipinski definition) is 2. The molecule has 1 atom stereocenters. The minimum atomic E-state index is -0.101. The highest BCUT2D eigenvalue weighted by atomic mass is 16.2. The van der Waals surface area contributed by atoms with Crippen LogP contribution in [0, 0.1) is 5.92 Å². The third kappa shape index (κ3) is 4.30. The molecule has 0 saturated heterocycles. The largest absolute Gasteiger partial charge is 0.348 e. The van der Waals surface area contributed by atoms with Crippen molar-refractivity contribution in [1.29, 1.82) is 0 Å². The van der Waals surface area contributed by atoms with Crippen molar-refractivity contribution < 1.29 is 9.59 Å². The van der Waals surface area contributed by atoms with Crippen molar-refractivity contribution in [2.45, 2.75) is 58.0 Å². The Bertz CT molecular complexity index is 854. The molecule has 2 amide bonds. The molecule has 2 aliphatic rings. The van der Waals surface area contributed by atoms with Gasteiger partial charge in [0.15, 0.2) is 0 Å². The van der Waals surface area contributed by atoms with Gasteiger partial charge in [0.05, 0.1) is 12.6 Å². The molecule has 1 unspecified atom stereocenters. The Morgan fingerprint density at radius 3 is 2.50 bits per heavy atom. The third-order valence-corrected chi connectivity index (χ3v) is 6.56. The summed E-state index contributed by atoms with van der Waals surface area (Å²) in [7, 11) is 0. The van der Waals surface area contributed by atoms with Gasteiger partial charge in [-0.2, -0.15) is 0 Å². The number of fused-ring (bicyclic) bond motifs is 1. The van der Waals surface area contributed by atoms with Gasteiger partial charge in [-0.15, -0.1) is 0 Å². The summed E-state index contributed by atoms with van der Waals surface area (Å²) in [5.74, 6) is 0.331. The first-order valence-electron chi connectivity index (χ1n) is 11.5. The van der Waals surface area contributed by atoms with E-state index in [4.69, 9.17) is 0 Å². The lowest BCUT2D eigenvalue weighted by atomic mass is 9.88. The zero-order valence-electron chi connectivity index (χ0n) is 18.0. The Morgan fingerprint density at radius 2 is 1.77 bits per heavy atom. The van der Waals surface area contributed by atoms with Gasteiger partial charge < -0.3 is 14.4 Å². The van der Waals surface area contributed by atoms with Crippen LogP contribution in [-0.4, -0.2) is 45.8 Å². The van der Waals surface area contributed by atoms with Gasteiger partial charge in [-0.05, 0) is 37.0 Å². The van der Waals surface area contributed by atoms with Gasteiger partial charge in [-0.1, -0.05) is 56.5 Å². The second kappa shape index (κ2) is 9.50. The summed E-state index contributed by atoms with van der Waals surface area (Å²) < 4.78 is 2.23. The highest BCUT2D eigenvalue weighted by Crippen LogP contribution is 2.32. The van der Waals surface area contributed by atoms with Crippen molar-refractivity contribution in [2.75, 3.05) is 19.6 Å². The van der Waals surface area contributed by atoms with Crippen LogP contribution in [0.25, 0.3) is 0 Å². The van der Waals surface area contributed by atoms with Crippen molar-refractivity contribution in [2.24, 2.45) is 5.92 Å². The first kappa shape index (κ1) is 20.7. The van der Waals surface area contributed by atoms with Crippen LogP contribution in [0.15, 0.2) is 48.7 Å². The van der Waals surface area contributed by atoms with E-state index in [1.807, 2.05) is 28.0 Å². The summed E-state index contributed by atoms with van der Waals surface area (Å²) in [4.78, 5) is 30.5. The normalized spacial score (nSPS) is 19.4. The number of nitrogens with zero attached hydrogens (tertiary/aromatic N) is 3. The number of carbonyl (C=O) groups is 2. The molecule has 0 radical (unpaired) electrons. The molecule has 2 heterocycles. The van der Waals surface area contributed by atoms with E-state index in [0.29, 0.717) is 13.1 Å². The minimum absolute atomic E-state index is 0.0499. The summed E-state index contributed by atoms with van der Waals surface area (Å²) in [5.41, 5.74) is 2.26. The van der Waals surface area contributed by atoms with Gasteiger partial charge in [0, 0.05) is 37.4 Å². The summed E-state index contributed by atoms with van der Waals surface area (Å²) in [6.45, 7) is 4.38. The molecule has 0 bridgehead atoms. The van der Waals surface area contributed by atoms with Crippen LogP contribution < -0.4 is 0 Å². The molecule has 4 rings (SSSR count). The molecule has 1 fully saturated rings. The molecular formula is C25H33N3O2. The second-order valence-electron chi connectivity index (χ2n) is 8.62. The summed E-state index contributed by atoms with van der Waals surface area (Å²) in [5, 5.41) is 0. The van der Waals surface area contributed by atoms with Crippen molar-refractivity contribution in [3.8, 4) is 0 Å². The van der Waals surface area contributed by atoms with Gasteiger partial charge in [0.2, 0.25) is 11.8 Å². The Labute approximate surface area is 179 Å². The zero-order valence-corrected chi connectivity index (χ0v) is 18.0. The van der Waals surface area contributed by atoms with Crippen LogP contribution in [0.3, 0.4) is 0 Å². The standard InChI is InChI=1S/C25H33N3O2/c1-2-15-27(25(30)21-12-7-4-8-13-21)19-23(29)28-18-17-26-16-9-14-22(26)24(28)20-10-5-3-6-11-20/h3,5-6,9-11,14,16,21,24H,2,4,7-8,12-13,15,17-19H2,1H3. The zero-order chi connectivity index (χ0) is 20.9. The molecule has 1 aliphatic heterocycles. The molecule has 1 aromatic carbocycles. The topological polar surface area (TPSA) is 45.6 Å². The number of hydrogen-bond donors (Lipinski definition) is 0. The maximum Gasteiger partial charge on any atom is 0.243 e. The average Bonchev–Trinajstić information content (AvgIpc) is 3.27. The second-order valence-corrected chi connectivity index (χ2v) is 8.62. The van der Waals surface area contributed by atoms with Crippen LogP contribution in [0.2, 0.25) is 0 Å². The Morgan fingerprint density at radius 1 is 1.00 bits per heavy atom. The van der Waals surface area contributed by atoms with E-state index in [-0.39, 0.29) is 30.3 Å². The molecule has 1 saturated carbocycles. The molecule has 2 aromatic rings. The predicted molar refractivity (Wildman–Crippen MR) is 118 cm³/mol. The average molecular weight is 408 g/mol. The number of carbonyl (C=O) groups excluding carboxylic acids is 2. The number of rotatable bonds is 6. The SMILES string of the molecule is CCCN(CC(=O)N1CCn2cccc2C1c1ccccc1)C(=O)C1CCCCC1. The fraction of sp³-hybridized carbons (Fsp3) is 0.520. The molecule has 5 heteroatoms. The van der Waals surface area contributed by atoms with Crippen molar-refractivity contribution in [1.82, 2.24) is 14.4 Å². The van der Waals surface area contributed by atoms with E-state index < -0.39 is 0 Å². The summed E-state index contributed by atoms with van der Waals surface area (Å²) >= 11 is 0. The lowest BCUT2D eigenvalue weighted by molar-refractivity contribution is -0.145. The van der Waals surface area contributed by atoms with E-state index >= 15 is 0 Å². The van der Waals surface area contributed by atoms with E-state index in [2.05, 4.69) is 42.0 Å². The van der Waals surface area contributed by atoms with E-state index in [9.17, 15) is 9.59 Å². The van der Waals surface area contributed by atoms with Crippen LogP contribution in [-0.2, 0) is 16.1 Å². The lowest BCUT2D eigenvalue weighted by Gasteiger charge is -2.39. The van der Waals surface area contributed by atoms with Gasteiger partial charge >= 0.3 is 0 Å². The first-order chi connectivity index (χ1) is 14.7. The van der Waals surface area contributed by atoms with E-state index in [0.717, 1.165) is 49.9 Å². The van der Waals surface area contributed by atoms with Crippen molar-refractivity contribution in [3.05, 3.63) is 59.9 Å².